The monoisotopic (exact) mass is 262 g/mol. The fourth-order valence-corrected chi connectivity index (χ4v) is 2.03. The van der Waals surface area contributed by atoms with Gasteiger partial charge in [0.2, 0.25) is 0 Å². The summed E-state index contributed by atoms with van der Waals surface area (Å²) in [6.07, 6.45) is 1.98. The Morgan fingerprint density at radius 2 is 1.95 bits per heavy atom. The molecule has 3 nitrogen and oxygen atoms in total. The van der Waals surface area contributed by atoms with E-state index >= 15 is 0 Å². The SMILES string of the molecule is Cn1cccc1CNCC(C)(O)c1ccc(F)cc1. The van der Waals surface area contributed by atoms with E-state index in [4.69, 9.17) is 0 Å². The van der Waals surface area contributed by atoms with Gasteiger partial charge in [0.1, 0.15) is 5.82 Å². The number of halogens is 1. The summed E-state index contributed by atoms with van der Waals surface area (Å²) in [6.45, 7) is 2.81. The summed E-state index contributed by atoms with van der Waals surface area (Å²) in [6, 6.07) is 9.95. The zero-order valence-electron chi connectivity index (χ0n) is 11.2. The average Bonchev–Trinajstić information content (AvgIpc) is 2.75. The molecule has 0 saturated heterocycles. The van der Waals surface area contributed by atoms with Crippen molar-refractivity contribution in [3.63, 3.8) is 0 Å². The van der Waals surface area contributed by atoms with E-state index in [0.29, 0.717) is 18.7 Å². The molecule has 1 aromatic heterocycles. The Labute approximate surface area is 112 Å². The molecule has 0 radical (unpaired) electrons. The molecule has 0 bridgehead atoms. The molecule has 2 rings (SSSR count). The minimum atomic E-state index is -1.02. The average molecular weight is 262 g/mol. The highest BCUT2D eigenvalue weighted by atomic mass is 19.1. The molecule has 4 heteroatoms. The molecule has 0 spiro atoms. The zero-order chi connectivity index (χ0) is 13.9. The van der Waals surface area contributed by atoms with Gasteiger partial charge in [0, 0.05) is 32.0 Å². The summed E-state index contributed by atoms with van der Waals surface area (Å²) in [4.78, 5) is 0. The Balaban J connectivity index is 1.94. The van der Waals surface area contributed by atoms with E-state index in [1.54, 1.807) is 19.1 Å². The molecule has 0 aliphatic rings. The molecular formula is C15H19FN2O. The summed E-state index contributed by atoms with van der Waals surface area (Å²) >= 11 is 0. The standard InChI is InChI=1S/C15H19FN2O/c1-15(19,12-5-7-13(16)8-6-12)11-17-10-14-4-3-9-18(14)2/h3-9,17,19H,10-11H2,1-2H3. The van der Waals surface area contributed by atoms with Gasteiger partial charge in [0.05, 0.1) is 5.60 Å². The first kappa shape index (κ1) is 13.8. The van der Waals surface area contributed by atoms with Gasteiger partial charge in [-0.05, 0) is 36.8 Å². The van der Waals surface area contributed by atoms with Crippen molar-refractivity contribution < 1.29 is 9.50 Å². The first-order valence-electron chi connectivity index (χ1n) is 6.28. The van der Waals surface area contributed by atoms with E-state index in [1.807, 2.05) is 29.9 Å². The molecule has 1 unspecified atom stereocenters. The van der Waals surface area contributed by atoms with Crippen molar-refractivity contribution in [2.75, 3.05) is 6.54 Å². The summed E-state index contributed by atoms with van der Waals surface area (Å²) in [5.74, 6) is -0.295. The molecule has 102 valence electrons. The lowest BCUT2D eigenvalue weighted by Crippen LogP contribution is -2.35. The third-order valence-electron chi connectivity index (χ3n) is 3.29. The molecule has 0 aliphatic carbocycles. The number of aliphatic hydroxyl groups is 1. The summed E-state index contributed by atoms with van der Waals surface area (Å²) in [5, 5.41) is 13.6. The van der Waals surface area contributed by atoms with Crippen LogP contribution in [0, 0.1) is 5.82 Å². The highest BCUT2D eigenvalue weighted by molar-refractivity contribution is 5.22. The van der Waals surface area contributed by atoms with Crippen LogP contribution in [0.5, 0.6) is 0 Å². The fourth-order valence-electron chi connectivity index (χ4n) is 2.03. The topological polar surface area (TPSA) is 37.2 Å². The number of hydrogen-bond donors (Lipinski definition) is 2. The quantitative estimate of drug-likeness (QED) is 0.866. The first-order valence-corrected chi connectivity index (χ1v) is 6.28. The molecule has 1 aromatic carbocycles. The van der Waals surface area contributed by atoms with Crippen molar-refractivity contribution in [3.8, 4) is 0 Å². The molecule has 2 aromatic rings. The third-order valence-corrected chi connectivity index (χ3v) is 3.29. The molecule has 0 aliphatic heterocycles. The van der Waals surface area contributed by atoms with Gasteiger partial charge in [-0.1, -0.05) is 12.1 Å². The number of nitrogens with zero attached hydrogens (tertiary/aromatic N) is 1. The van der Waals surface area contributed by atoms with Gasteiger partial charge < -0.3 is 15.0 Å². The van der Waals surface area contributed by atoms with Crippen molar-refractivity contribution >= 4 is 0 Å². The van der Waals surface area contributed by atoms with Crippen molar-refractivity contribution in [1.29, 1.82) is 0 Å². The Hall–Kier alpha value is -1.65. The van der Waals surface area contributed by atoms with Gasteiger partial charge in [-0.15, -0.1) is 0 Å². The van der Waals surface area contributed by atoms with E-state index in [1.165, 1.54) is 12.1 Å². The van der Waals surface area contributed by atoms with Crippen molar-refractivity contribution in [1.82, 2.24) is 9.88 Å². The number of aryl methyl sites for hydroxylation is 1. The van der Waals surface area contributed by atoms with Gasteiger partial charge >= 0.3 is 0 Å². The fraction of sp³-hybridized carbons (Fsp3) is 0.333. The van der Waals surface area contributed by atoms with E-state index < -0.39 is 5.60 Å². The van der Waals surface area contributed by atoms with E-state index in [0.717, 1.165) is 5.69 Å². The van der Waals surface area contributed by atoms with Gasteiger partial charge in [-0.2, -0.15) is 0 Å². The Kier molecular flexibility index (Phi) is 4.02. The summed E-state index contributed by atoms with van der Waals surface area (Å²) in [5.41, 5.74) is 0.835. The van der Waals surface area contributed by atoms with Crippen LogP contribution in [0.3, 0.4) is 0 Å². The maximum absolute atomic E-state index is 12.9. The molecule has 1 heterocycles. The van der Waals surface area contributed by atoms with Crippen LogP contribution >= 0.6 is 0 Å². The minimum absolute atomic E-state index is 0.295. The summed E-state index contributed by atoms with van der Waals surface area (Å²) < 4.78 is 14.9. The minimum Gasteiger partial charge on any atom is -0.384 e. The first-order chi connectivity index (χ1) is 8.99. The van der Waals surface area contributed by atoms with Gasteiger partial charge in [-0.3, -0.25) is 0 Å². The molecule has 0 amide bonds. The molecule has 0 saturated carbocycles. The lowest BCUT2D eigenvalue weighted by atomic mass is 9.96. The van der Waals surface area contributed by atoms with Crippen LogP contribution in [-0.4, -0.2) is 16.2 Å². The number of hydrogen-bond acceptors (Lipinski definition) is 2. The summed E-state index contributed by atoms with van der Waals surface area (Å²) in [7, 11) is 1.98. The van der Waals surface area contributed by atoms with Crippen LogP contribution in [0.25, 0.3) is 0 Å². The maximum atomic E-state index is 12.9. The van der Waals surface area contributed by atoms with Gasteiger partial charge in [0.15, 0.2) is 0 Å². The number of rotatable bonds is 5. The molecular weight excluding hydrogens is 243 g/mol. The second-order valence-electron chi connectivity index (χ2n) is 4.99. The molecule has 2 N–H and O–H groups in total. The van der Waals surface area contributed by atoms with Crippen molar-refractivity contribution in [2.45, 2.75) is 19.1 Å². The Morgan fingerprint density at radius 1 is 1.26 bits per heavy atom. The smallest absolute Gasteiger partial charge is 0.123 e. The highest BCUT2D eigenvalue weighted by Crippen LogP contribution is 2.20. The van der Waals surface area contributed by atoms with E-state index in [9.17, 15) is 9.50 Å². The van der Waals surface area contributed by atoms with Crippen LogP contribution in [0.2, 0.25) is 0 Å². The third kappa shape index (κ3) is 3.43. The number of aromatic nitrogens is 1. The predicted octanol–water partition coefficient (Wildman–Crippen LogP) is 2.16. The van der Waals surface area contributed by atoms with Crippen LogP contribution in [0.15, 0.2) is 42.6 Å². The largest absolute Gasteiger partial charge is 0.384 e. The van der Waals surface area contributed by atoms with Crippen molar-refractivity contribution in [2.24, 2.45) is 7.05 Å². The Morgan fingerprint density at radius 3 is 2.53 bits per heavy atom. The highest BCUT2D eigenvalue weighted by Gasteiger charge is 2.22. The van der Waals surface area contributed by atoms with Crippen LogP contribution in [0.4, 0.5) is 4.39 Å². The number of nitrogens with one attached hydrogen (secondary N) is 1. The van der Waals surface area contributed by atoms with Crippen LogP contribution < -0.4 is 5.32 Å². The molecule has 1 atom stereocenters. The van der Waals surface area contributed by atoms with E-state index in [-0.39, 0.29) is 5.82 Å². The number of benzene rings is 1. The lowest BCUT2D eigenvalue weighted by Gasteiger charge is -2.24. The lowest BCUT2D eigenvalue weighted by molar-refractivity contribution is 0.0564. The Bertz CT molecular complexity index is 531. The van der Waals surface area contributed by atoms with E-state index in [2.05, 4.69) is 5.32 Å². The van der Waals surface area contributed by atoms with Gasteiger partial charge in [0.25, 0.3) is 0 Å². The van der Waals surface area contributed by atoms with Crippen LogP contribution in [-0.2, 0) is 19.2 Å². The maximum Gasteiger partial charge on any atom is 0.123 e. The van der Waals surface area contributed by atoms with Crippen molar-refractivity contribution in [3.05, 3.63) is 59.7 Å². The molecule has 19 heavy (non-hydrogen) atoms. The zero-order valence-corrected chi connectivity index (χ0v) is 11.2. The molecule has 0 fully saturated rings. The normalized spacial score (nSPS) is 14.3. The second kappa shape index (κ2) is 5.55. The second-order valence-corrected chi connectivity index (χ2v) is 4.99. The predicted molar refractivity (Wildman–Crippen MR) is 73.1 cm³/mol. The van der Waals surface area contributed by atoms with Crippen LogP contribution in [0.1, 0.15) is 18.2 Å². The van der Waals surface area contributed by atoms with Gasteiger partial charge in [-0.25, -0.2) is 4.39 Å².